The SMILES string of the molecule is FC(F)(F)Oc1ccccc1-c1noc(C2CC2)c1C1=CC2(CCN(c3cccnn3)CC2)C1. The van der Waals surface area contributed by atoms with Gasteiger partial charge in [-0.2, -0.15) is 5.10 Å². The Morgan fingerprint density at radius 2 is 1.82 bits per heavy atom. The number of para-hydroxylation sites is 1. The predicted octanol–water partition coefficient (Wildman–Crippen LogP) is 5.98. The summed E-state index contributed by atoms with van der Waals surface area (Å²) in [5.41, 5.74) is 2.77. The molecule has 2 aromatic heterocycles. The second kappa shape index (κ2) is 7.85. The fourth-order valence-corrected chi connectivity index (χ4v) is 5.14. The van der Waals surface area contributed by atoms with E-state index in [1.807, 2.05) is 12.1 Å². The van der Waals surface area contributed by atoms with Crippen LogP contribution in [0, 0.1) is 5.41 Å². The maximum absolute atomic E-state index is 13.0. The van der Waals surface area contributed by atoms with Gasteiger partial charge >= 0.3 is 6.36 Å². The molecule has 1 saturated heterocycles. The first-order chi connectivity index (χ1) is 16.4. The van der Waals surface area contributed by atoms with Crippen LogP contribution < -0.4 is 9.64 Å². The van der Waals surface area contributed by atoms with Crippen LogP contribution in [0.1, 0.15) is 49.3 Å². The van der Waals surface area contributed by atoms with Gasteiger partial charge in [0.25, 0.3) is 0 Å². The second-order valence-corrected chi connectivity index (χ2v) is 9.37. The molecule has 0 unspecified atom stereocenters. The Hall–Kier alpha value is -3.36. The number of hydrogen-bond donors (Lipinski definition) is 0. The molecule has 0 radical (unpaired) electrons. The van der Waals surface area contributed by atoms with Crippen LogP contribution in [0.4, 0.5) is 19.0 Å². The van der Waals surface area contributed by atoms with Crippen LogP contribution in [0.25, 0.3) is 16.8 Å². The number of anilines is 1. The van der Waals surface area contributed by atoms with Crippen LogP contribution >= 0.6 is 0 Å². The van der Waals surface area contributed by atoms with Crippen LogP contribution in [0.5, 0.6) is 5.75 Å². The van der Waals surface area contributed by atoms with Crippen LogP contribution in [-0.4, -0.2) is 34.8 Å². The summed E-state index contributed by atoms with van der Waals surface area (Å²) >= 11 is 0. The zero-order valence-corrected chi connectivity index (χ0v) is 18.4. The number of piperidine rings is 1. The molecule has 9 heteroatoms. The predicted molar refractivity (Wildman–Crippen MR) is 119 cm³/mol. The van der Waals surface area contributed by atoms with Gasteiger partial charge in [-0.15, -0.1) is 18.3 Å². The molecule has 0 amide bonds. The summed E-state index contributed by atoms with van der Waals surface area (Å²) in [6.45, 7) is 1.77. The molecule has 1 aromatic carbocycles. The molecule has 2 aliphatic carbocycles. The van der Waals surface area contributed by atoms with Gasteiger partial charge in [-0.25, -0.2) is 0 Å². The minimum absolute atomic E-state index is 0.0887. The van der Waals surface area contributed by atoms with Crippen LogP contribution in [0.15, 0.2) is 53.2 Å². The Morgan fingerprint density at radius 3 is 2.50 bits per heavy atom. The van der Waals surface area contributed by atoms with Crippen molar-refractivity contribution in [3.63, 3.8) is 0 Å². The number of ether oxygens (including phenoxy) is 1. The van der Waals surface area contributed by atoms with E-state index in [2.05, 4.69) is 31.1 Å². The molecule has 3 aliphatic rings. The summed E-state index contributed by atoms with van der Waals surface area (Å²) in [4.78, 5) is 2.25. The Kier molecular flexibility index (Phi) is 4.89. The van der Waals surface area contributed by atoms with Gasteiger partial charge in [0.1, 0.15) is 17.2 Å². The number of benzene rings is 1. The zero-order valence-electron chi connectivity index (χ0n) is 18.4. The van der Waals surface area contributed by atoms with Crippen molar-refractivity contribution < 1.29 is 22.4 Å². The van der Waals surface area contributed by atoms with Gasteiger partial charge in [0.2, 0.25) is 0 Å². The van der Waals surface area contributed by atoms with E-state index in [-0.39, 0.29) is 17.1 Å². The summed E-state index contributed by atoms with van der Waals surface area (Å²) in [6, 6.07) is 9.99. The van der Waals surface area contributed by atoms with E-state index in [4.69, 9.17) is 4.52 Å². The lowest BCUT2D eigenvalue weighted by molar-refractivity contribution is -0.274. The van der Waals surface area contributed by atoms with E-state index < -0.39 is 6.36 Å². The summed E-state index contributed by atoms with van der Waals surface area (Å²) in [7, 11) is 0. The molecule has 6 nitrogen and oxygen atoms in total. The molecule has 0 N–H and O–H groups in total. The molecule has 176 valence electrons. The van der Waals surface area contributed by atoms with Crippen molar-refractivity contribution in [3.8, 4) is 17.0 Å². The van der Waals surface area contributed by atoms with E-state index >= 15 is 0 Å². The number of alkyl halides is 3. The second-order valence-electron chi connectivity index (χ2n) is 9.37. The highest BCUT2D eigenvalue weighted by atomic mass is 19.4. The first-order valence-corrected chi connectivity index (χ1v) is 11.5. The number of hydrogen-bond acceptors (Lipinski definition) is 6. The molecule has 6 rings (SSSR count). The fourth-order valence-electron chi connectivity index (χ4n) is 5.14. The third-order valence-corrected chi connectivity index (χ3v) is 7.02. The molecule has 1 aliphatic heterocycles. The highest BCUT2D eigenvalue weighted by Gasteiger charge is 2.44. The first kappa shape index (κ1) is 21.2. The Bertz CT molecular complexity index is 1230. The average molecular weight is 468 g/mol. The number of allylic oxidation sites excluding steroid dienone is 2. The van der Waals surface area contributed by atoms with Gasteiger partial charge < -0.3 is 14.2 Å². The van der Waals surface area contributed by atoms with Gasteiger partial charge in [0.05, 0.1) is 0 Å². The maximum atomic E-state index is 13.0. The lowest BCUT2D eigenvalue weighted by atomic mass is 9.63. The number of nitrogens with zero attached hydrogens (tertiary/aromatic N) is 4. The fraction of sp³-hybridized carbons (Fsp3) is 0.400. The molecular weight excluding hydrogens is 445 g/mol. The minimum Gasteiger partial charge on any atom is -0.405 e. The first-order valence-electron chi connectivity index (χ1n) is 11.5. The van der Waals surface area contributed by atoms with Crippen molar-refractivity contribution in [3.05, 3.63) is 60.0 Å². The smallest absolute Gasteiger partial charge is 0.405 e. The Balaban J connectivity index is 1.30. The van der Waals surface area contributed by atoms with Gasteiger partial charge in [-0.05, 0) is 67.4 Å². The number of aromatic nitrogens is 3. The van der Waals surface area contributed by atoms with Crippen molar-refractivity contribution in [1.82, 2.24) is 15.4 Å². The standard InChI is InChI=1S/C25H23F3N4O2/c26-25(27,28)33-19-5-2-1-4-18(19)22-21(23(34-31-22)16-7-8-16)17-14-24(15-17)9-12-32(13-10-24)20-6-3-11-29-30-20/h1-6,11,14,16H,7-10,12-13,15H2. The molecular formula is C25H23F3N4O2. The third-order valence-electron chi connectivity index (χ3n) is 7.02. The Labute approximate surface area is 194 Å². The quantitative estimate of drug-likeness (QED) is 0.459. The molecule has 0 bridgehead atoms. The monoisotopic (exact) mass is 468 g/mol. The number of halogens is 3. The van der Waals surface area contributed by atoms with Gasteiger partial charge in [-0.3, -0.25) is 0 Å². The molecule has 1 saturated carbocycles. The molecule has 3 heterocycles. The topological polar surface area (TPSA) is 64.3 Å². The number of rotatable bonds is 5. The van der Waals surface area contributed by atoms with Gasteiger partial charge in [0, 0.05) is 36.3 Å². The lowest BCUT2D eigenvalue weighted by Crippen LogP contribution is -2.42. The van der Waals surface area contributed by atoms with E-state index in [1.54, 1.807) is 18.3 Å². The van der Waals surface area contributed by atoms with Crippen molar-refractivity contribution in [2.45, 2.75) is 44.4 Å². The van der Waals surface area contributed by atoms with Crippen molar-refractivity contribution in [1.29, 1.82) is 0 Å². The van der Waals surface area contributed by atoms with Crippen molar-refractivity contribution in [2.75, 3.05) is 18.0 Å². The molecule has 3 aromatic rings. The van der Waals surface area contributed by atoms with E-state index in [9.17, 15) is 13.2 Å². The lowest BCUT2D eigenvalue weighted by Gasteiger charge is -2.46. The highest BCUT2D eigenvalue weighted by molar-refractivity contribution is 5.86. The summed E-state index contributed by atoms with van der Waals surface area (Å²) in [5, 5.41) is 12.4. The van der Waals surface area contributed by atoms with Crippen LogP contribution in [0.2, 0.25) is 0 Å². The van der Waals surface area contributed by atoms with E-state index in [0.29, 0.717) is 11.3 Å². The average Bonchev–Trinajstić information content (AvgIpc) is 3.56. The van der Waals surface area contributed by atoms with E-state index in [1.165, 1.54) is 12.1 Å². The summed E-state index contributed by atoms with van der Waals surface area (Å²) in [5.74, 6) is 1.69. The highest BCUT2D eigenvalue weighted by Crippen LogP contribution is 2.56. The molecule has 0 atom stereocenters. The van der Waals surface area contributed by atoms with Crippen LogP contribution in [0.3, 0.4) is 0 Å². The normalized spacial score (nSPS) is 19.6. The van der Waals surface area contributed by atoms with Crippen molar-refractivity contribution >= 4 is 11.4 Å². The maximum Gasteiger partial charge on any atom is 0.573 e. The van der Waals surface area contributed by atoms with Gasteiger partial charge in [0.15, 0.2) is 5.82 Å². The third kappa shape index (κ3) is 3.93. The largest absolute Gasteiger partial charge is 0.573 e. The summed E-state index contributed by atoms with van der Waals surface area (Å²) < 4.78 is 49.1. The van der Waals surface area contributed by atoms with E-state index in [0.717, 1.165) is 67.9 Å². The molecule has 2 fully saturated rings. The molecule has 34 heavy (non-hydrogen) atoms. The van der Waals surface area contributed by atoms with Crippen molar-refractivity contribution in [2.24, 2.45) is 5.41 Å². The van der Waals surface area contributed by atoms with Gasteiger partial charge in [-0.1, -0.05) is 23.4 Å². The minimum atomic E-state index is -4.78. The van der Waals surface area contributed by atoms with Crippen LogP contribution in [-0.2, 0) is 0 Å². The zero-order chi connectivity index (χ0) is 23.3. The molecule has 1 spiro atoms. The summed E-state index contributed by atoms with van der Waals surface area (Å²) in [6.07, 6.45) is 4.02. The Morgan fingerprint density at radius 1 is 1.06 bits per heavy atom.